The zero-order chi connectivity index (χ0) is 15.7. The molecule has 0 unspecified atom stereocenters. The third-order valence-corrected chi connectivity index (χ3v) is 3.82. The van der Waals surface area contributed by atoms with Crippen molar-refractivity contribution in [3.05, 3.63) is 42.0 Å². The van der Waals surface area contributed by atoms with Crippen LogP contribution in [0, 0.1) is 11.2 Å². The molecular weight excluding hydrogens is 283 g/mol. The number of hydrogen-bond donors (Lipinski definition) is 0. The first-order valence-electron chi connectivity index (χ1n) is 7.53. The van der Waals surface area contributed by atoms with Crippen LogP contribution in [0.2, 0.25) is 0 Å². The molecular formula is C17H21FN2O2. The van der Waals surface area contributed by atoms with Gasteiger partial charge in [-0.1, -0.05) is 20.8 Å². The maximum Gasteiger partial charge on any atom is 0.161 e. The van der Waals surface area contributed by atoms with Crippen LogP contribution < -0.4 is 4.74 Å². The molecule has 1 aliphatic rings. The van der Waals surface area contributed by atoms with Crippen LogP contribution in [0.5, 0.6) is 5.75 Å². The van der Waals surface area contributed by atoms with E-state index in [-0.39, 0.29) is 17.2 Å². The monoisotopic (exact) mass is 304 g/mol. The van der Waals surface area contributed by atoms with Gasteiger partial charge in [0.05, 0.1) is 31.7 Å². The highest BCUT2D eigenvalue weighted by Crippen LogP contribution is 2.31. The average molecular weight is 304 g/mol. The van der Waals surface area contributed by atoms with E-state index in [1.165, 1.54) is 12.1 Å². The van der Waals surface area contributed by atoms with Crippen molar-refractivity contribution in [2.75, 3.05) is 19.8 Å². The van der Waals surface area contributed by atoms with E-state index in [9.17, 15) is 4.39 Å². The molecule has 0 spiro atoms. The Labute approximate surface area is 129 Å². The van der Waals surface area contributed by atoms with Gasteiger partial charge in [0.1, 0.15) is 11.5 Å². The average Bonchev–Trinajstić information content (AvgIpc) is 2.88. The van der Waals surface area contributed by atoms with Crippen molar-refractivity contribution in [3.63, 3.8) is 0 Å². The minimum absolute atomic E-state index is 0.0895. The lowest BCUT2D eigenvalue weighted by atomic mass is 9.90. The smallest absolute Gasteiger partial charge is 0.161 e. The van der Waals surface area contributed by atoms with Gasteiger partial charge in [0.15, 0.2) is 5.75 Å². The van der Waals surface area contributed by atoms with Crippen molar-refractivity contribution in [1.82, 2.24) is 9.78 Å². The molecule has 0 radical (unpaired) electrons. The first-order chi connectivity index (χ1) is 10.5. The SMILES string of the molecule is CC(C)c1nn(-c2ccc(F)cc2)cc1OCC1(C)COC1. The van der Waals surface area contributed by atoms with Gasteiger partial charge in [-0.2, -0.15) is 5.10 Å². The van der Waals surface area contributed by atoms with Gasteiger partial charge in [-0.25, -0.2) is 9.07 Å². The Morgan fingerprint density at radius 3 is 2.55 bits per heavy atom. The van der Waals surface area contributed by atoms with E-state index in [1.807, 2.05) is 6.20 Å². The molecule has 0 aliphatic carbocycles. The molecule has 1 saturated heterocycles. The van der Waals surface area contributed by atoms with Crippen LogP contribution in [0.4, 0.5) is 4.39 Å². The summed E-state index contributed by atoms with van der Waals surface area (Å²) >= 11 is 0. The van der Waals surface area contributed by atoms with Crippen molar-refractivity contribution in [1.29, 1.82) is 0 Å². The van der Waals surface area contributed by atoms with Crippen molar-refractivity contribution in [2.24, 2.45) is 5.41 Å². The lowest BCUT2D eigenvalue weighted by molar-refractivity contribution is -0.120. The normalized spacial score (nSPS) is 16.6. The van der Waals surface area contributed by atoms with E-state index in [2.05, 4.69) is 25.9 Å². The van der Waals surface area contributed by atoms with Crippen LogP contribution in [0.1, 0.15) is 32.4 Å². The molecule has 2 heterocycles. The van der Waals surface area contributed by atoms with Gasteiger partial charge in [-0.3, -0.25) is 0 Å². The number of nitrogens with zero attached hydrogens (tertiary/aromatic N) is 2. The number of benzene rings is 1. The molecule has 1 fully saturated rings. The fourth-order valence-corrected chi connectivity index (χ4v) is 2.39. The van der Waals surface area contributed by atoms with Gasteiger partial charge in [0.25, 0.3) is 0 Å². The Balaban J connectivity index is 1.83. The summed E-state index contributed by atoms with van der Waals surface area (Å²) in [5.74, 6) is 0.781. The fraction of sp³-hybridized carbons (Fsp3) is 0.471. The first kappa shape index (κ1) is 15.0. The Morgan fingerprint density at radius 1 is 1.32 bits per heavy atom. The van der Waals surface area contributed by atoms with Gasteiger partial charge in [0.2, 0.25) is 0 Å². The summed E-state index contributed by atoms with van der Waals surface area (Å²) in [5.41, 5.74) is 1.82. The van der Waals surface area contributed by atoms with Gasteiger partial charge in [0, 0.05) is 11.3 Å². The zero-order valence-corrected chi connectivity index (χ0v) is 13.2. The third kappa shape index (κ3) is 2.99. The lowest BCUT2D eigenvalue weighted by Gasteiger charge is -2.37. The predicted molar refractivity (Wildman–Crippen MR) is 82.0 cm³/mol. The topological polar surface area (TPSA) is 36.3 Å². The summed E-state index contributed by atoms with van der Waals surface area (Å²) in [6.07, 6.45) is 1.87. The molecule has 5 heteroatoms. The second kappa shape index (κ2) is 5.72. The van der Waals surface area contributed by atoms with E-state index < -0.39 is 0 Å². The van der Waals surface area contributed by atoms with Crippen molar-refractivity contribution < 1.29 is 13.9 Å². The minimum atomic E-state index is -0.255. The molecule has 22 heavy (non-hydrogen) atoms. The quantitative estimate of drug-likeness (QED) is 0.847. The molecule has 118 valence electrons. The number of rotatable bonds is 5. The second-order valence-corrected chi connectivity index (χ2v) is 6.55. The second-order valence-electron chi connectivity index (χ2n) is 6.55. The third-order valence-electron chi connectivity index (χ3n) is 3.82. The fourth-order valence-electron chi connectivity index (χ4n) is 2.39. The van der Waals surface area contributed by atoms with Gasteiger partial charge in [-0.15, -0.1) is 0 Å². The Bertz CT molecular complexity index is 645. The van der Waals surface area contributed by atoms with Crippen molar-refractivity contribution in [3.8, 4) is 11.4 Å². The summed E-state index contributed by atoms with van der Waals surface area (Å²) in [6.45, 7) is 8.39. The molecule has 0 amide bonds. The number of hydrogen-bond acceptors (Lipinski definition) is 3. The molecule has 1 aliphatic heterocycles. The van der Waals surface area contributed by atoms with Crippen LogP contribution in [-0.4, -0.2) is 29.6 Å². The number of aromatic nitrogens is 2. The predicted octanol–water partition coefficient (Wildman–Crippen LogP) is 3.55. The van der Waals surface area contributed by atoms with E-state index in [0.29, 0.717) is 6.61 Å². The van der Waals surface area contributed by atoms with Crippen LogP contribution in [0.15, 0.2) is 30.5 Å². The largest absolute Gasteiger partial charge is 0.489 e. The van der Waals surface area contributed by atoms with E-state index in [0.717, 1.165) is 30.3 Å². The van der Waals surface area contributed by atoms with Crippen molar-refractivity contribution in [2.45, 2.75) is 26.7 Å². The first-order valence-corrected chi connectivity index (χ1v) is 7.53. The molecule has 0 bridgehead atoms. The molecule has 0 N–H and O–H groups in total. The van der Waals surface area contributed by atoms with E-state index >= 15 is 0 Å². The summed E-state index contributed by atoms with van der Waals surface area (Å²) in [5, 5.41) is 4.59. The van der Waals surface area contributed by atoms with Crippen LogP contribution in [0.3, 0.4) is 0 Å². The molecule has 0 saturated carbocycles. The standard InChI is InChI=1S/C17H21FN2O2/c1-12(2)16-15(22-11-17(3)9-21-10-17)8-20(19-16)14-6-4-13(18)5-7-14/h4-8,12H,9-11H2,1-3H3. The maximum atomic E-state index is 13.0. The molecule has 4 nitrogen and oxygen atoms in total. The maximum absolute atomic E-state index is 13.0. The molecule has 3 rings (SSSR count). The van der Waals surface area contributed by atoms with Gasteiger partial charge >= 0.3 is 0 Å². The zero-order valence-electron chi connectivity index (χ0n) is 13.2. The van der Waals surface area contributed by atoms with E-state index in [4.69, 9.17) is 9.47 Å². The van der Waals surface area contributed by atoms with Crippen LogP contribution >= 0.6 is 0 Å². The number of halogens is 1. The van der Waals surface area contributed by atoms with Crippen molar-refractivity contribution >= 4 is 0 Å². The summed E-state index contributed by atoms with van der Waals surface area (Å²) in [4.78, 5) is 0. The molecule has 1 aromatic carbocycles. The van der Waals surface area contributed by atoms with Crippen LogP contribution in [-0.2, 0) is 4.74 Å². The highest BCUT2D eigenvalue weighted by molar-refractivity contribution is 5.36. The highest BCUT2D eigenvalue weighted by atomic mass is 19.1. The summed E-state index contributed by atoms with van der Waals surface area (Å²) in [7, 11) is 0. The Kier molecular flexibility index (Phi) is 3.91. The lowest BCUT2D eigenvalue weighted by Crippen LogP contribution is -2.44. The molecule has 2 aromatic rings. The van der Waals surface area contributed by atoms with Gasteiger partial charge < -0.3 is 9.47 Å². The minimum Gasteiger partial charge on any atom is -0.489 e. The Hall–Kier alpha value is -1.88. The number of ether oxygens (including phenoxy) is 2. The highest BCUT2D eigenvalue weighted by Gasteiger charge is 2.34. The van der Waals surface area contributed by atoms with E-state index in [1.54, 1.807) is 16.8 Å². The summed E-state index contributed by atoms with van der Waals surface area (Å²) < 4.78 is 26.0. The molecule has 1 aromatic heterocycles. The molecule has 0 atom stereocenters. The summed E-state index contributed by atoms with van der Waals surface area (Å²) in [6, 6.07) is 6.27. The Morgan fingerprint density at radius 2 is 2.00 bits per heavy atom. The van der Waals surface area contributed by atoms with Crippen LogP contribution in [0.25, 0.3) is 5.69 Å². The van der Waals surface area contributed by atoms with Gasteiger partial charge in [-0.05, 0) is 24.3 Å².